The molecule has 8 heteroatoms. The molecule has 0 aliphatic carbocycles. The number of aryl methyl sites for hydroxylation is 1. The fourth-order valence-electron chi connectivity index (χ4n) is 4.52. The van der Waals surface area contributed by atoms with Crippen LogP contribution in [0.2, 0.25) is 10.0 Å². The molecule has 5 rings (SSSR count). The summed E-state index contributed by atoms with van der Waals surface area (Å²) in [6, 6.07) is 20.0. The summed E-state index contributed by atoms with van der Waals surface area (Å²) in [7, 11) is 0. The SMILES string of the molecule is CCc1nc2ccc(Cl)cn2c1C(=O)NCc1ccc(N2CCN(c3ccc(Cl)cc3)CC2)cc1. The maximum absolute atomic E-state index is 13.0. The Morgan fingerprint density at radius 2 is 1.43 bits per heavy atom. The number of hydrogen-bond acceptors (Lipinski definition) is 4. The number of carbonyl (C=O) groups excluding carboxylic acids is 1. The molecule has 1 aliphatic heterocycles. The molecule has 2 aromatic carbocycles. The number of pyridine rings is 1. The lowest BCUT2D eigenvalue weighted by molar-refractivity contribution is 0.0944. The van der Waals surface area contributed by atoms with Gasteiger partial charge in [0.1, 0.15) is 11.3 Å². The van der Waals surface area contributed by atoms with Crippen LogP contribution in [0, 0.1) is 0 Å². The van der Waals surface area contributed by atoms with Crippen molar-refractivity contribution in [1.29, 1.82) is 0 Å². The maximum Gasteiger partial charge on any atom is 0.270 e. The Kier molecular flexibility index (Phi) is 6.84. The molecule has 0 radical (unpaired) electrons. The molecule has 1 amide bonds. The fourth-order valence-corrected chi connectivity index (χ4v) is 4.81. The van der Waals surface area contributed by atoms with Gasteiger partial charge in [-0.15, -0.1) is 0 Å². The summed E-state index contributed by atoms with van der Waals surface area (Å²) >= 11 is 12.2. The monoisotopic (exact) mass is 507 g/mol. The van der Waals surface area contributed by atoms with Gasteiger partial charge in [-0.05, 0) is 60.5 Å². The number of nitrogens with one attached hydrogen (secondary N) is 1. The number of hydrogen-bond donors (Lipinski definition) is 1. The van der Waals surface area contributed by atoms with E-state index in [1.807, 2.05) is 25.1 Å². The minimum Gasteiger partial charge on any atom is -0.368 e. The number of benzene rings is 2. The summed E-state index contributed by atoms with van der Waals surface area (Å²) in [5.41, 5.74) is 5.47. The molecule has 1 fully saturated rings. The van der Waals surface area contributed by atoms with Crippen molar-refractivity contribution in [1.82, 2.24) is 14.7 Å². The van der Waals surface area contributed by atoms with Crippen molar-refractivity contribution < 1.29 is 4.79 Å². The number of aromatic nitrogens is 2. The van der Waals surface area contributed by atoms with Crippen LogP contribution in [0.1, 0.15) is 28.7 Å². The molecule has 35 heavy (non-hydrogen) atoms. The van der Waals surface area contributed by atoms with Gasteiger partial charge in [-0.25, -0.2) is 4.98 Å². The average molecular weight is 508 g/mol. The lowest BCUT2D eigenvalue weighted by Gasteiger charge is -2.37. The Labute approximate surface area is 215 Å². The summed E-state index contributed by atoms with van der Waals surface area (Å²) in [5, 5.41) is 4.37. The highest BCUT2D eigenvalue weighted by atomic mass is 35.5. The molecule has 0 bridgehead atoms. The van der Waals surface area contributed by atoms with Crippen molar-refractivity contribution in [3.63, 3.8) is 0 Å². The van der Waals surface area contributed by atoms with E-state index in [0.717, 1.165) is 48.1 Å². The van der Waals surface area contributed by atoms with Crippen LogP contribution in [0.15, 0.2) is 66.9 Å². The highest BCUT2D eigenvalue weighted by Crippen LogP contribution is 2.23. The Bertz CT molecular complexity index is 1330. The van der Waals surface area contributed by atoms with Gasteiger partial charge in [0.2, 0.25) is 0 Å². The van der Waals surface area contributed by atoms with Crippen molar-refractivity contribution in [2.75, 3.05) is 36.0 Å². The minimum absolute atomic E-state index is 0.154. The molecule has 0 saturated carbocycles. The Hall–Kier alpha value is -3.22. The van der Waals surface area contributed by atoms with Crippen LogP contribution in [0.3, 0.4) is 0 Å². The highest BCUT2D eigenvalue weighted by molar-refractivity contribution is 6.30. The summed E-state index contributed by atoms with van der Waals surface area (Å²) in [5.74, 6) is -0.154. The molecule has 0 unspecified atom stereocenters. The van der Waals surface area contributed by atoms with Gasteiger partial charge in [0.25, 0.3) is 5.91 Å². The smallest absolute Gasteiger partial charge is 0.270 e. The predicted octanol–water partition coefficient (Wildman–Crippen LogP) is 5.46. The Morgan fingerprint density at radius 3 is 2.03 bits per heavy atom. The van der Waals surface area contributed by atoms with Crippen molar-refractivity contribution in [2.45, 2.75) is 19.9 Å². The van der Waals surface area contributed by atoms with Gasteiger partial charge < -0.3 is 15.1 Å². The molecule has 180 valence electrons. The van der Waals surface area contributed by atoms with Gasteiger partial charge in [0, 0.05) is 55.3 Å². The zero-order valence-electron chi connectivity index (χ0n) is 19.5. The molecule has 1 N–H and O–H groups in total. The molecule has 3 heterocycles. The van der Waals surface area contributed by atoms with Crippen LogP contribution in [0.4, 0.5) is 11.4 Å². The molecular formula is C27H27Cl2N5O. The zero-order valence-corrected chi connectivity index (χ0v) is 21.1. The number of carbonyl (C=O) groups is 1. The number of imidazole rings is 1. The summed E-state index contributed by atoms with van der Waals surface area (Å²) in [6.07, 6.45) is 2.40. The summed E-state index contributed by atoms with van der Waals surface area (Å²) in [6.45, 7) is 6.27. The van der Waals surface area contributed by atoms with Crippen LogP contribution >= 0.6 is 23.2 Å². The lowest BCUT2D eigenvalue weighted by atomic mass is 10.1. The van der Waals surface area contributed by atoms with Gasteiger partial charge in [0.05, 0.1) is 10.7 Å². The Balaban J connectivity index is 1.20. The molecular weight excluding hydrogens is 481 g/mol. The third-order valence-corrected chi connectivity index (χ3v) is 6.91. The molecule has 1 aliphatic rings. The first kappa shape index (κ1) is 23.5. The normalized spacial score (nSPS) is 13.9. The zero-order chi connectivity index (χ0) is 24.4. The molecule has 0 atom stereocenters. The molecule has 4 aromatic rings. The lowest BCUT2D eigenvalue weighted by Crippen LogP contribution is -2.46. The number of fused-ring (bicyclic) bond motifs is 1. The van der Waals surface area contributed by atoms with Gasteiger partial charge in [-0.3, -0.25) is 9.20 Å². The Morgan fingerprint density at radius 1 is 0.857 bits per heavy atom. The van der Waals surface area contributed by atoms with E-state index in [1.54, 1.807) is 16.7 Å². The molecule has 1 saturated heterocycles. The van der Waals surface area contributed by atoms with Crippen molar-refractivity contribution in [2.24, 2.45) is 0 Å². The predicted molar refractivity (Wildman–Crippen MR) is 143 cm³/mol. The van der Waals surface area contributed by atoms with Crippen molar-refractivity contribution in [3.8, 4) is 0 Å². The highest BCUT2D eigenvalue weighted by Gasteiger charge is 2.19. The van der Waals surface area contributed by atoms with E-state index >= 15 is 0 Å². The standard InChI is InChI=1S/C27H27Cl2N5O/c1-2-24-26(34-18-21(29)7-12-25(34)31-24)27(35)30-17-19-3-8-22(9-4-19)32-13-15-33(16-14-32)23-10-5-20(28)6-11-23/h3-12,18H,2,13-17H2,1H3,(H,30,35). The van der Waals surface area contributed by atoms with Crippen LogP contribution in [-0.2, 0) is 13.0 Å². The minimum atomic E-state index is -0.154. The van der Waals surface area contributed by atoms with E-state index in [-0.39, 0.29) is 5.91 Å². The third kappa shape index (κ3) is 5.09. The van der Waals surface area contributed by atoms with Crippen LogP contribution in [-0.4, -0.2) is 41.5 Å². The first-order valence-electron chi connectivity index (χ1n) is 11.8. The summed E-state index contributed by atoms with van der Waals surface area (Å²) in [4.78, 5) is 22.4. The quantitative estimate of drug-likeness (QED) is 0.376. The van der Waals surface area contributed by atoms with Gasteiger partial charge >= 0.3 is 0 Å². The van der Waals surface area contributed by atoms with Crippen LogP contribution in [0.25, 0.3) is 5.65 Å². The van der Waals surface area contributed by atoms with E-state index in [9.17, 15) is 4.79 Å². The number of nitrogens with zero attached hydrogens (tertiary/aromatic N) is 4. The van der Waals surface area contributed by atoms with Crippen LogP contribution in [0.5, 0.6) is 0 Å². The van der Waals surface area contributed by atoms with Gasteiger partial charge in [-0.2, -0.15) is 0 Å². The van der Waals surface area contributed by atoms with E-state index < -0.39 is 0 Å². The van der Waals surface area contributed by atoms with E-state index in [4.69, 9.17) is 23.2 Å². The van der Waals surface area contributed by atoms with E-state index in [1.165, 1.54) is 11.4 Å². The maximum atomic E-state index is 13.0. The first-order chi connectivity index (χ1) is 17.0. The van der Waals surface area contributed by atoms with Crippen molar-refractivity contribution in [3.05, 3.63) is 93.9 Å². The van der Waals surface area contributed by atoms with E-state index in [0.29, 0.717) is 23.7 Å². The molecule has 0 spiro atoms. The van der Waals surface area contributed by atoms with E-state index in [2.05, 4.69) is 56.5 Å². The third-order valence-electron chi connectivity index (χ3n) is 6.43. The number of anilines is 2. The summed E-state index contributed by atoms with van der Waals surface area (Å²) < 4.78 is 1.77. The number of piperazine rings is 1. The van der Waals surface area contributed by atoms with Crippen LogP contribution < -0.4 is 15.1 Å². The first-order valence-corrected chi connectivity index (χ1v) is 12.6. The molecule has 6 nitrogen and oxygen atoms in total. The number of amides is 1. The second-order valence-corrected chi connectivity index (χ2v) is 9.51. The molecule has 2 aromatic heterocycles. The largest absolute Gasteiger partial charge is 0.368 e. The number of rotatable bonds is 6. The number of halogens is 2. The second-order valence-electron chi connectivity index (χ2n) is 8.64. The fraction of sp³-hybridized carbons (Fsp3) is 0.259. The van der Waals surface area contributed by atoms with Crippen molar-refractivity contribution >= 4 is 46.1 Å². The van der Waals surface area contributed by atoms with Gasteiger partial charge in [0.15, 0.2) is 0 Å². The second kappa shape index (κ2) is 10.2. The topological polar surface area (TPSA) is 52.9 Å². The van der Waals surface area contributed by atoms with Gasteiger partial charge in [-0.1, -0.05) is 42.3 Å². The average Bonchev–Trinajstić information content (AvgIpc) is 3.26.